The van der Waals surface area contributed by atoms with Crippen LogP contribution in [0.5, 0.6) is 0 Å². The Morgan fingerprint density at radius 2 is 1.78 bits per heavy atom. The second-order valence-electron chi connectivity index (χ2n) is 6.44. The lowest BCUT2D eigenvalue weighted by molar-refractivity contribution is 0.130. The van der Waals surface area contributed by atoms with Gasteiger partial charge in [-0.1, -0.05) is 54.1 Å². The third kappa shape index (κ3) is 4.35. The van der Waals surface area contributed by atoms with Crippen LogP contribution in [0.1, 0.15) is 29.9 Å². The van der Waals surface area contributed by atoms with Gasteiger partial charge in [0, 0.05) is 24.7 Å². The average molecular weight is 330 g/mol. The van der Waals surface area contributed by atoms with Gasteiger partial charge < -0.3 is 5.11 Å². The van der Waals surface area contributed by atoms with E-state index >= 15 is 0 Å². The van der Waals surface area contributed by atoms with E-state index in [0.29, 0.717) is 11.8 Å². The molecular weight excluding hydrogens is 306 g/mol. The maximum Gasteiger partial charge on any atom is 0.0433 e. The Morgan fingerprint density at radius 3 is 2.48 bits per heavy atom. The van der Waals surface area contributed by atoms with Crippen molar-refractivity contribution in [3.63, 3.8) is 0 Å². The minimum Gasteiger partial charge on any atom is -0.396 e. The van der Waals surface area contributed by atoms with Crippen LogP contribution in [0.15, 0.2) is 54.6 Å². The van der Waals surface area contributed by atoms with Gasteiger partial charge in [-0.2, -0.15) is 0 Å². The molecule has 122 valence electrons. The average Bonchev–Trinajstić information content (AvgIpc) is 2.58. The van der Waals surface area contributed by atoms with Gasteiger partial charge in [0.1, 0.15) is 0 Å². The van der Waals surface area contributed by atoms with E-state index in [1.54, 1.807) is 0 Å². The van der Waals surface area contributed by atoms with Crippen LogP contribution in [0, 0.1) is 5.92 Å². The Labute approximate surface area is 143 Å². The number of aliphatic hydroxyl groups is 1. The normalized spacial score (nSPS) is 22.2. The van der Waals surface area contributed by atoms with E-state index in [-0.39, 0.29) is 6.61 Å². The molecular formula is C20H24ClNO. The number of likely N-dealkylation sites (tertiary alicyclic amines) is 1. The summed E-state index contributed by atoms with van der Waals surface area (Å²) in [4.78, 5) is 2.53. The number of hydrogen-bond acceptors (Lipinski definition) is 2. The number of piperidine rings is 1. The molecule has 0 saturated carbocycles. The largest absolute Gasteiger partial charge is 0.396 e. The fourth-order valence-corrected chi connectivity index (χ4v) is 3.78. The zero-order valence-electron chi connectivity index (χ0n) is 13.4. The zero-order valence-corrected chi connectivity index (χ0v) is 14.1. The first-order valence-electron chi connectivity index (χ1n) is 8.39. The van der Waals surface area contributed by atoms with Crippen molar-refractivity contribution < 1.29 is 5.11 Å². The topological polar surface area (TPSA) is 23.5 Å². The summed E-state index contributed by atoms with van der Waals surface area (Å²) < 4.78 is 0. The van der Waals surface area contributed by atoms with Crippen molar-refractivity contribution in [2.24, 2.45) is 5.92 Å². The molecule has 0 aliphatic carbocycles. The molecule has 1 N–H and O–H groups in total. The molecule has 2 nitrogen and oxygen atoms in total. The highest BCUT2D eigenvalue weighted by Crippen LogP contribution is 2.35. The second kappa shape index (κ2) is 7.96. The van der Waals surface area contributed by atoms with E-state index in [9.17, 15) is 5.11 Å². The van der Waals surface area contributed by atoms with Crippen LogP contribution in [-0.2, 0) is 6.54 Å². The van der Waals surface area contributed by atoms with Gasteiger partial charge >= 0.3 is 0 Å². The lowest BCUT2D eigenvalue weighted by atomic mass is 9.79. The van der Waals surface area contributed by atoms with Crippen molar-refractivity contribution in [1.29, 1.82) is 0 Å². The maximum atomic E-state index is 9.39. The van der Waals surface area contributed by atoms with Crippen molar-refractivity contribution in [2.45, 2.75) is 25.3 Å². The molecule has 3 rings (SSSR count). The van der Waals surface area contributed by atoms with Crippen LogP contribution < -0.4 is 0 Å². The van der Waals surface area contributed by atoms with Gasteiger partial charge in [0.2, 0.25) is 0 Å². The minimum atomic E-state index is 0.271. The predicted molar refractivity (Wildman–Crippen MR) is 95.7 cm³/mol. The summed E-state index contributed by atoms with van der Waals surface area (Å²) in [6, 6.07) is 18.9. The Kier molecular flexibility index (Phi) is 5.71. The van der Waals surface area contributed by atoms with Gasteiger partial charge in [0.25, 0.3) is 0 Å². The van der Waals surface area contributed by atoms with Crippen LogP contribution in [0.25, 0.3) is 0 Å². The predicted octanol–water partition coefficient (Wildman–Crippen LogP) is 4.33. The minimum absolute atomic E-state index is 0.271. The third-order valence-electron chi connectivity index (χ3n) is 4.89. The third-order valence-corrected chi connectivity index (χ3v) is 5.14. The lowest BCUT2D eigenvalue weighted by Crippen LogP contribution is -2.39. The van der Waals surface area contributed by atoms with Crippen LogP contribution >= 0.6 is 11.6 Å². The number of rotatable bonds is 5. The summed E-state index contributed by atoms with van der Waals surface area (Å²) in [6.45, 7) is 3.41. The van der Waals surface area contributed by atoms with Crippen molar-refractivity contribution in [2.75, 3.05) is 19.7 Å². The molecule has 0 spiro atoms. The molecule has 2 atom stereocenters. The summed E-state index contributed by atoms with van der Waals surface area (Å²) >= 11 is 6.03. The van der Waals surface area contributed by atoms with E-state index in [0.717, 1.165) is 37.5 Å². The highest BCUT2D eigenvalue weighted by atomic mass is 35.5. The molecule has 0 amide bonds. The molecule has 1 unspecified atom stereocenters. The van der Waals surface area contributed by atoms with Gasteiger partial charge in [0.05, 0.1) is 0 Å². The molecule has 2 aromatic carbocycles. The summed E-state index contributed by atoms with van der Waals surface area (Å²) in [5.41, 5.74) is 2.70. The molecule has 1 saturated heterocycles. The fraction of sp³-hybridized carbons (Fsp3) is 0.400. The zero-order chi connectivity index (χ0) is 16.1. The first-order chi connectivity index (χ1) is 11.3. The highest BCUT2D eigenvalue weighted by molar-refractivity contribution is 6.30. The van der Waals surface area contributed by atoms with Gasteiger partial charge in [-0.3, -0.25) is 4.90 Å². The fourth-order valence-electron chi connectivity index (χ4n) is 3.65. The monoisotopic (exact) mass is 329 g/mol. The van der Waals surface area contributed by atoms with Crippen LogP contribution in [-0.4, -0.2) is 29.7 Å². The number of nitrogens with zero attached hydrogens (tertiary/aromatic N) is 1. The molecule has 1 fully saturated rings. The van der Waals surface area contributed by atoms with E-state index in [1.807, 2.05) is 12.1 Å². The Hall–Kier alpha value is -1.35. The van der Waals surface area contributed by atoms with Crippen molar-refractivity contribution >= 4 is 11.6 Å². The summed E-state index contributed by atoms with van der Waals surface area (Å²) in [6.07, 6.45) is 2.02. The molecule has 1 aliphatic rings. The Morgan fingerprint density at radius 1 is 1.04 bits per heavy atom. The van der Waals surface area contributed by atoms with Crippen LogP contribution in [0.2, 0.25) is 5.02 Å². The van der Waals surface area contributed by atoms with Gasteiger partial charge in [-0.15, -0.1) is 0 Å². The Bertz CT molecular complexity index is 599. The molecule has 0 bridgehead atoms. The molecule has 1 heterocycles. The molecule has 3 heteroatoms. The van der Waals surface area contributed by atoms with Crippen molar-refractivity contribution in [3.8, 4) is 0 Å². The maximum absolute atomic E-state index is 9.39. The van der Waals surface area contributed by atoms with E-state index in [4.69, 9.17) is 11.6 Å². The van der Waals surface area contributed by atoms with Gasteiger partial charge in [0.15, 0.2) is 0 Å². The molecule has 2 aromatic rings. The van der Waals surface area contributed by atoms with Gasteiger partial charge in [-0.05, 0) is 54.5 Å². The highest BCUT2D eigenvalue weighted by Gasteiger charge is 2.29. The SMILES string of the molecule is OCCC1CCN(Cc2ccccc2)C[C@@H]1c1ccc(Cl)cc1. The smallest absolute Gasteiger partial charge is 0.0433 e. The molecule has 0 radical (unpaired) electrons. The Balaban J connectivity index is 1.74. The van der Waals surface area contributed by atoms with Crippen molar-refractivity contribution in [1.82, 2.24) is 4.90 Å². The number of hydrogen-bond donors (Lipinski definition) is 1. The number of aliphatic hydroxyl groups excluding tert-OH is 1. The van der Waals surface area contributed by atoms with Crippen LogP contribution in [0.3, 0.4) is 0 Å². The molecule has 23 heavy (non-hydrogen) atoms. The summed E-state index contributed by atoms with van der Waals surface area (Å²) in [7, 11) is 0. The van der Waals surface area contributed by atoms with E-state index < -0.39 is 0 Å². The number of halogens is 1. The summed E-state index contributed by atoms with van der Waals surface area (Å²) in [5, 5.41) is 10.2. The first-order valence-corrected chi connectivity index (χ1v) is 8.76. The summed E-state index contributed by atoms with van der Waals surface area (Å²) in [5.74, 6) is 1.02. The van der Waals surface area contributed by atoms with Gasteiger partial charge in [-0.25, -0.2) is 0 Å². The van der Waals surface area contributed by atoms with Crippen LogP contribution in [0.4, 0.5) is 0 Å². The second-order valence-corrected chi connectivity index (χ2v) is 6.88. The lowest BCUT2D eigenvalue weighted by Gasteiger charge is -2.39. The molecule has 1 aliphatic heterocycles. The number of benzene rings is 2. The first kappa shape index (κ1) is 16.5. The standard InChI is InChI=1S/C20H24ClNO/c21-19-8-6-17(7-9-19)20-15-22(12-10-18(20)11-13-23)14-16-4-2-1-3-5-16/h1-9,18,20,23H,10-15H2/t18?,20-/m1/s1. The molecule has 0 aromatic heterocycles. The van der Waals surface area contributed by atoms with E-state index in [2.05, 4.69) is 47.4 Å². The van der Waals surface area contributed by atoms with Crippen molar-refractivity contribution in [3.05, 3.63) is 70.7 Å². The van der Waals surface area contributed by atoms with E-state index in [1.165, 1.54) is 11.1 Å². The quantitative estimate of drug-likeness (QED) is 0.882.